The summed E-state index contributed by atoms with van der Waals surface area (Å²) in [7, 11) is 0. The number of nitrogens with one attached hydrogen (secondary N) is 1. The first-order chi connectivity index (χ1) is 17.5. The molecule has 0 unspecified atom stereocenters. The van der Waals surface area contributed by atoms with Crippen molar-refractivity contribution in [3.63, 3.8) is 0 Å². The summed E-state index contributed by atoms with van der Waals surface area (Å²) >= 11 is 0. The van der Waals surface area contributed by atoms with Gasteiger partial charge in [0.1, 0.15) is 5.75 Å². The topological polar surface area (TPSA) is 78.9 Å². The number of carbonyl (C=O) groups excluding carboxylic acids is 2. The van der Waals surface area contributed by atoms with E-state index in [0.717, 1.165) is 43.6 Å². The van der Waals surface area contributed by atoms with Crippen LogP contribution in [0, 0.1) is 5.92 Å². The van der Waals surface area contributed by atoms with Crippen molar-refractivity contribution in [2.45, 2.75) is 76.2 Å². The molecule has 36 heavy (non-hydrogen) atoms. The van der Waals surface area contributed by atoms with Gasteiger partial charge in [-0.05, 0) is 86.4 Å². The van der Waals surface area contributed by atoms with E-state index >= 15 is 0 Å². The molecule has 1 saturated carbocycles. The van der Waals surface area contributed by atoms with Gasteiger partial charge in [0.2, 0.25) is 5.91 Å². The Morgan fingerprint density at radius 3 is 2.86 bits per heavy atom. The number of aromatic hydroxyl groups is 1. The van der Waals surface area contributed by atoms with Crippen LogP contribution in [0.3, 0.4) is 0 Å². The van der Waals surface area contributed by atoms with Gasteiger partial charge in [-0.1, -0.05) is 37.1 Å². The molecule has 3 aliphatic rings. The third-order valence-electron chi connectivity index (χ3n) is 8.76. The molecule has 5 rings (SSSR count). The summed E-state index contributed by atoms with van der Waals surface area (Å²) in [5, 5.41) is 13.3. The number of para-hydroxylation sites is 1. The van der Waals surface area contributed by atoms with Gasteiger partial charge in [0, 0.05) is 30.1 Å². The van der Waals surface area contributed by atoms with Crippen molar-refractivity contribution < 1.29 is 19.4 Å². The minimum Gasteiger partial charge on any atom is -0.508 e. The molecule has 6 heteroatoms. The van der Waals surface area contributed by atoms with Gasteiger partial charge in [0.25, 0.3) is 0 Å². The largest absolute Gasteiger partial charge is 0.508 e. The number of hydrogen-bond acceptors (Lipinski definition) is 5. The zero-order chi connectivity index (χ0) is 25.1. The second-order valence-corrected chi connectivity index (χ2v) is 10.7. The highest BCUT2D eigenvalue weighted by Crippen LogP contribution is 2.56. The molecule has 2 fully saturated rings. The predicted molar refractivity (Wildman–Crippen MR) is 140 cm³/mol. The summed E-state index contributed by atoms with van der Waals surface area (Å²) in [4.78, 5) is 26.8. The van der Waals surface area contributed by atoms with E-state index in [2.05, 4.69) is 28.4 Å². The highest BCUT2D eigenvalue weighted by atomic mass is 16.5. The maximum absolute atomic E-state index is 12.5. The van der Waals surface area contributed by atoms with Crippen LogP contribution < -0.4 is 5.32 Å². The normalized spacial score (nSPS) is 24.9. The molecular formula is C30H38N2O4. The smallest absolute Gasteiger partial charge is 0.306 e. The summed E-state index contributed by atoms with van der Waals surface area (Å²) in [6.45, 7) is 4.13. The molecule has 2 aromatic rings. The first-order valence-corrected chi connectivity index (χ1v) is 13.6. The molecule has 2 N–H and O–H groups in total. The van der Waals surface area contributed by atoms with E-state index in [1.807, 2.05) is 24.3 Å². The molecule has 1 saturated heterocycles. The maximum atomic E-state index is 12.5. The van der Waals surface area contributed by atoms with Crippen LogP contribution in [0.4, 0.5) is 5.69 Å². The number of anilines is 1. The first kappa shape index (κ1) is 24.8. The summed E-state index contributed by atoms with van der Waals surface area (Å²) in [5.74, 6) is 0.544. The van der Waals surface area contributed by atoms with Gasteiger partial charge in [-0.3, -0.25) is 14.5 Å². The van der Waals surface area contributed by atoms with E-state index < -0.39 is 0 Å². The Kier molecular flexibility index (Phi) is 7.33. The molecule has 0 radical (unpaired) electrons. The Morgan fingerprint density at radius 1 is 1.14 bits per heavy atom. The summed E-state index contributed by atoms with van der Waals surface area (Å²) in [6, 6.07) is 14.6. The zero-order valence-electron chi connectivity index (χ0n) is 21.3. The molecule has 2 bridgehead atoms. The third kappa shape index (κ3) is 4.88. The number of hydrogen-bond donors (Lipinski definition) is 2. The number of phenols is 1. The van der Waals surface area contributed by atoms with Crippen LogP contribution in [0.15, 0.2) is 42.5 Å². The van der Waals surface area contributed by atoms with Crippen LogP contribution in [-0.4, -0.2) is 47.6 Å². The maximum Gasteiger partial charge on any atom is 0.306 e. The molecule has 1 heterocycles. The highest BCUT2D eigenvalue weighted by Gasteiger charge is 2.53. The van der Waals surface area contributed by atoms with E-state index in [4.69, 9.17) is 4.74 Å². The first-order valence-electron chi connectivity index (χ1n) is 13.6. The van der Waals surface area contributed by atoms with Crippen molar-refractivity contribution in [3.8, 4) is 5.75 Å². The number of nitrogens with zero attached hydrogens (tertiary/aromatic N) is 1. The van der Waals surface area contributed by atoms with Crippen molar-refractivity contribution in [2.24, 2.45) is 5.92 Å². The molecule has 192 valence electrons. The van der Waals surface area contributed by atoms with E-state index in [9.17, 15) is 14.7 Å². The SMILES string of the molecule is CCOC(=O)CCC(=O)Nc1ccccc1CCN1CC[C@]23CCCC[C@H]2[C@H]1Cc1ccc(O)cc13. The minimum absolute atomic E-state index is 0.0969. The number of phenolic OH excluding ortho intramolecular Hbond substituents is 1. The fraction of sp³-hybridized carbons (Fsp3) is 0.533. The van der Waals surface area contributed by atoms with E-state index in [1.54, 1.807) is 6.92 Å². The van der Waals surface area contributed by atoms with Crippen LogP contribution in [0.2, 0.25) is 0 Å². The molecule has 1 aliphatic heterocycles. The number of fused-ring (bicyclic) bond motifs is 1. The predicted octanol–water partition coefficient (Wildman–Crippen LogP) is 4.98. The molecule has 0 spiro atoms. The Balaban J connectivity index is 1.27. The Labute approximate surface area is 214 Å². The lowest BCUT2D eigenvalue weighted by atomic mass is 9.52. The van der Waals surface area contributed by atoms with Crippen LogP contribution in [0.25, 0.3) is 0 Å². The van der Waals surface area contributed by atoms with Crippen LogP contribution in [-0.2, 0) is 32.6 Å². The summed E-state index contributed by atoms with van der Waals surface area (Å²) in [5.41, 5.74) is 5.01. The lowest BCUT2D eigenvalue weighted by Crippen LogP contribution is -2.61. The van der Waals surface area contributed by atoms with Crippen LogP contribution in [0.1, 0.15) is 68.6 Å². The quantitative estimate of drug-likeness (QED) is 0.511. The van der Waals surface area contributed by atoms with Gasteiger partial charge in [-0.25, -0.2) is 0 Å². The number of rotatable bonds is 8. The van der Waals surface area contributed by atoms with E-state index in [0.29, 0.717) is 24.3 Å². The number of benzene rings is 2. The molecule has 6 nitrogen and oxygen atoms in total. The van der Waals surface area contributed by atoms with Gasteiger partial charge in [0.05, 0.1) is 13.0 Å². The van der Waals surface area contributed by atoms with Gasteiger partial charge in [-0.15, -0.1) is 0 Å². The third-order valence-corrected chi connectivity index (χ3v) is 8.76. The molecule has 3 atom stereocenters. The number of amides is 1. The monoisotopic (exact) mass is 490 g/mol. The fourth-order valence-corrected chi connectivity index (χ4v) is 7.14. The van der Waals surface area contributed by atoms with Crippen molar-refractivity contribution in [2.75, 3.05) is 25.0 Å². The summed E-state index contributed by atoms with van der Waals surface area (Å²) in [6.07, 6.45) is 8.37. The zero-order valence-corrected chi connectivity index (χ0v) is 21.3. The number of esters is 1. The van der Waals surface area contributed by atoms with Crippen LogP contribution in [0.5, 0.6) is 5.75 Å². The van der Waals surface area contributed by atoms with E-state index in [1.165, 1.54) is 36.8 Å². The van der Waals surface area contributed by atoms with Crippen LogP contribution >= 0.6 is 0 Å². The number of carbonyl (C=O) groups is 2. The Hall–Kier alpha value is -2.86. The number of likely N-dealkylation sites (tertiary alicyclic amines) is 1. The second kappa shape index (κ2) is 10.6. The molecule has 2 aliphatic carbocycles. The fourth-order valence-electron chi connectivity index (χ4n) is 7.14. The van der Waals surface area contributed by atoms with Crippen molar-refractivity contribution >= 4 is 17.6 Å². The van der Waals surface area contributed by atoms with Gasteiger partial charge in [0.15, 0.2) is 0 Å². The Bertz CT molecular complexity index is 1120. The standard InChI is InChI=1S/C30H38N2O4/c1-2-36-29(35)13-12-28(34)31-26-9-4-3-7-21(26)14-17-32-18-16-30-15-6-5-8-24(30)27(32)19-22-10-11-23(33)20-25(22)30/h3-4,7,9-11,20,24,27,33H,2,5-6,8,12-19H2,1H3,(H,31,34)/t24-,27+,30+/m0/s1. The van der Waals surface area contributed by atoms with E-state index in [-0.39, 0.29) is 30.1 Å². The average Bonchev–Trinajstić information content (AvgIpc) is 2.88. The molecule has 2 aromatic carbocycles. The molecule has 1 amide bonds. The average molecular weight is 491 g/mol. The van der Waals surface area contributed by atoms with Gasteiger partial charge >= 0.3 is 5.97 Å². The Morgan fingerprint density at radius 2 is 2.00 bits per heavy atom. The minimum atomic E-state index is -0.339. The number of ether oxygens (including phenoxy) is 1. The van der Waals surface area contributed by atoms with Crippen molar-refractivity contribution in [1.29, 1.82) is 0 Å². The lowest BCUT2D eigenvalue weighted by molar-refractivity contribution is -0.144. The van der Waals surface area contributed by atoms with Crippen molar-refractivity contribution in [3.05, 3.63) is 59.2 Å². The molecule has 0 aromatic heterocycles. The van der Waals surface area contributed by atoms with Gasteiger partial charge in [-0.2, -0.15) is 0 Å². The van der Waals surface area contributed by atoms with Crippen molar-refractivity contribution in [1.82, 2.24) is 4.90 Å². The highest BCUT2D eigenvalue weighted by molar-refractivity contribution is 5.93. The summed E-state index contributed by atoms with van der Waals surface area (Å²) < 4.78 is 4.93. The molecular weight excluding hydrogens is 452 g/mol. The second-order valence-electron chi connectivity index (χ2n) is 10.7. The lowest BCUT2D eigenvalue weighted by Gasteiger charge is -2.59. The number of piperidine rings is 1. The van der Waals surface area contributed by atoms with Gasteiger partial charge < -0.3 is 15.2 Å².